The molecule has 0 aliphatic carbocycles. The van der Waals surface area contributed by atoms with Gasteiger partial charge in [0.25, 0.3) is 5.91 Å². The van der Waals surface area contributed by atoms with Crippen molar-refractivity contribution in [3.63, 3.8) is 0 Å². The quantitative estimate of drug-likeness (QED) is 0.749. The number of nitrogens with one attached hydrogen (secondary N) is 1. The first-order valence-corrected chi connectivity index (χ1v) is 8.87. The standard InChI is InChI=1S/C20H22N4O2.ClH/c1-15-3-2-10-24-13-17(22-19(15)24)14-26-18-6-4-16(5-7-18)20(25)23-11-8-21-9-12-23;/h2-7,10,13,21H,8-9,11-12,14H2,1H3;1H. The largest absolute Gasteiger partial charge is 0.487 e. The van der Waals surface area contributed by atoms with Gasteiger partial charge in [0.15, 0.2) is 0 Å². The summed E-state index contributed by atoms with van der Waals surface area (Å²) in [6.07, 6.45) is 3.96. The van der Waals surface area contributed by atoms with Gasteiger partial charge in [-0.25, -0.2) is 4.98 Å². The van der Waals surface area contributed by atoms with Gasteiger partial charge in [-0.05, 0) is 42.8 Å². The van der Waals surface area contributed by atoms with Crippen LogP contribution in [0.5, 0.6) is 5.75 Å². The molecule has 1 saturated heterocycles. The molecule has 0 bridgehead atoms. The van der Waals surface area contributed by atoms with Gasteiger partial charge in [0.1, 0.15) is 18.0 Å². The minimum Gasteiger partial charge on any atom is -0.487 e. The highest BCUT2D eigenvalue weighted by Crippen LogP contribution is 2.17. The van der Waals surface area contributed by atoms with E-state index in [9.17, 15) is 4.79 Å². The van der Waals surface area contributed by atoms with Crippen LogP contribution in [0, 0.1) is 6.92 Å². The summed E-state index contributed by atoms with van der Waals surface area (Å²) in [5, 5.41) is 3.25. The molecule has 0 atom stereocenters. The number of piperazine rings is 1. The van der Waals surface area contributed by atoms with Gasteiger partial charge in [-0.1, -0.05) is 6.07 Å². The third-order valence-corrected chi connectivity index (χ3v) is 4.62. The molecule has 7 heteroatoms. The van der Waals surface area contributed by atoms with E-state index in [1.807, 2.05) is 65.0 Å². The fourth-order valence-corrected chi connectivity index (χ4v) is 3.18. The zero-order chi connectivity index (χ0) is 17.9. The predicted molar refractivity (Wildman–Crippen MR) is 107 cm³/mol. The number of imidazole rings is 1. The molecule has 1 fully saturated rings. The van der Waals surface area contributed by atoms with Crippen molar-refractivity contribution in [1.82, 2.24) is 19.6 Å². The molecule has 4 rings (SSSR count). The highest BCUT2D eigenvalue weighted by Gasteiger charge is 2.17. The second-order valence-corrected chi connectivity index (χ2v) is 6.51. The van der Waals surface area contributed by atoms with Crippen molar-refractivity contribution in [2.24, 2.45) is 0 Å². The zero-order valence-electron chi connectivity index (χ0n) is 15.2. The predicted octanol–water partition coefficient (Wildman–Crippen LogP) is 2.69. The Morgan fingerprint density at radius 3 is 2.63 bits per heavy atom. The van der Waals surface area contributed by atoms with E-state index >= 15 is 0 Å². The number of ether oxygens (including phenoxy) is 1. The lowest BCUT2D eigenvalue weighted by Gasteiger charge is -2.27. The molecule has 0 spiro atoms. The Labute approximate surface area is 164 Å². The number of benzene rings is 1. The Kier molecular flexibility index (Phi) is 5.98. The molecule has 142 valence electrons. The van der Waals surface area contributed by atoms with Crippen LogP contribution < -0.4 is 10.1 Å². The molecule has 2 aromatic heterocycles. The number of hydrogen-bond acceptors (Lipinski definition) is 4. The number of rotatable bonds is 4. The normalized spacial score (nSPS) is 14.0. The van der Waals surface area contributed by atoms with Crippen LogP contribution in [-0.2, 0) is 6.61 Å². The molecule has 1 amide bonds. The molecule has 27 heavy (non-hydrogen) atoms. The fraction of sp³-hybridized carbons (Fsp3) is 0.300. The van der Waals surface area contributed by atoms with E-state index in [-0.39, 0.29) is 18.3 Å². The Morgan fingerprint density at radius 2 is 1.93 bits per heavy atom. The minimum absolute atomic E-state index is 0. The lowest BCUT2D eigenvalue weighted by atomic mass is 10.2. The molecular weight excluding hydrogens is 364 g/mol. The number of aryl methyl sites for hydroxylation is 1. The molecule has 3 heterocycles. The molecule has 3 aromatic rings. The summed E-state index contributed by atoms with van der Waals surface area (Å²) in [5.41, 5.74) is 3.65. The van der Waals surface area contributed by atoms with Crippen molar-refractivity contribution in [3.8, 4) is 5.75 Å². The summed E-state index contributed by atoms with van der Waals surface area (Å²) in [4.78, 5) is 19.0. The number of aromatic nitrogens is 2. The van der Waals surface area contributed by atoms with Gasteiger partial charge < -0.3 is 19.4 Å². The number of carbonyl (C=O) groups excluding carboxylic acids is 1. The Hall–Kier alpha value is -2.57. The van der Waals surface area contributed by atoms with Crippen LogP contribution in [0.1, 0.15) is 21.6 Å². The molecule has 6 nitrogen and oxygen atoms in total. The van der Waals surface area contributed by atoms with Crippen LogP contribution in [0.15, 0.2) is 48.8 Å². The maximum absolute atomic E-state index is 12.5. The van der Waals surface area contributed by atoms with E-state index in [1.165, 1.54) is 0 Å². The summed E-state index contributed by atoms with van der Waals surface area (Å²) < 4.78 is 7.83. The highest BCUT2D eigenvalue weighted by molar-refractivity contribution is 5.94. The van der Waals surface area contributed by atoms with Crippen molar-refractivity contribution in [1.29, 1.82) is 0 Å². The summed E-state index contributed by atoms with van der Waals surface area (Å²) >= 11 is 0. The second-order valence-electron chi connectivity index (χ2n) is 6.51. The summed E-state index contributed by atoms with van der Waals surface area (Å²) in [6, 6.07) is 11.4. The molecule has 1 aromatic carbocycles. The Bertz CT molecular complexity index is 917. The SMILES string of the molecule is Cc1cccn2cc(COc3ccc(C(=O)N4CCNCC4)cc3)nc12.Cl. The first kappa shape index (κ1) is 19.2. The highest BCUT2D eigenvalue weighted by atomic mass is 35.5. The van der Waals surface area contributed by atoms with Crippen molar-refractivity contribution < 1.29 is 9.53 Å². The van der Waals surface area contributed by atoms with Crippen molar-refractivity contribution in [3.05, 3.63) is 65.6 Å². The average molecular weight is 387 g/mol. The van der Waals surface area contributed by atoms with Crippen molar-refractivity contribution in [2.45, 2.75) is 13.5 Å². The number of fused-ring (bicyclic) bond motifs is 1. The lowest BCUT2D eigenvalue weighted by molar-refractivity contribution is 0.0736. The van der Waals surface area contributed by atoms with Crippen LogP contribution in [0.3, 0.4) is 0 Å². The van der Waals surface area contributed by atoms with Gasteiger partial charge in [-0.3, -0.25) is 4.79 Å². The smallest absolute Gasteiger partial charge is 0.253 e. The third kappa shape index (κ3) is 4.23. The first-order valence-electron chi connectivity index (χ1n) is 8.87. The van der Waals surface area contributed by atoms with Gasteiger partial charge in [-0.15, -0.1) is 12.4 Å². The summed E-state index contributed by atoms with van der Waals surface area (Å²) in [5.74, 6) is 0.810. The number of pyridine rings is 1. The summed E-state index contributed by atoms with van der Waals surface area (Å²) in [7, 11) is 0. The molecule has 1 aliphatic rings. The number of amides is 1. The monoisotopic (exact) mass is 386 g/mol. The molecule has 0 radical (unpaired) electrons. The van der Waals surface area contributed by atoms with E-state index in [0.717, 1.165) is 48.8 Å². The van der Waals surface area contributed by atoms with E-state index < -0.39 is 0 Å². The van der Waals surface area contributed by atoms with E-state index in [0.29, 0.717) is 12.2 Å². The Morgan fingerprint density at radius 1 is 1.19 bits per heavy atom. The van der Waals surface area contributed by atoms with Crippen molar-refractivity contribution >= 4 is 24.0 Å². The molecule has 1 aliphatic heterocycles. The molecule has 0 unspecified atom stereocenters. The van der Waals surface area contributed by atoms with Gasteiger partial charge in [0.2, 0.25) is 0 Å². The maximum atomic E-state index is 12.5. The summed E-state index contributed by atoms with van der Waals surface area (Å²) in [6.45, 7) is 5.65. The Balaban J connectivity index is 0.00000210. The van der Waals surface area contributed by atoms with Gasteiger partial charge in [0, 0.05) is 44.1 Å². The van der Waals surface area contributed by atoms with E-state index in [1.54, 1.807) is 0 Å². The van der Waals surface area contributed by atoms with Crippen LogP contribution in [0.2, 0.25) is 0 Å². The van der Waals surface area contributed by atoms with Crippen LogP contribution in [0.25, 0.3) is 5.65 Å². The lowest BCUT2D eigenvalue weighted by Crippen LogP contribution is -2.46. The topological polar surface area (TPSA) is 58.9 Å². The van der Waals surface area contributed by atoms with Crippen LogP contribution in [0.4, 0.5) is 0 Å². The molecular formula is C20H23ClN4O2. The van der Waals surface area contributed by atoms with Gasteiger partial charge >= 0.3 is 0 Å². The first-order chi connectivity index (χ1) is 12.7. The average Bonchev–Trinajstić information content (AvgIpc) is 3.11. The van der Waals surface area contributed by atoms with Gasteiger partial charge in [0.05, 0.1) is 5.69 Å². The number of hydrogen-bond donors (Lipinski definition) is 1. The minimum atomic E-state index is 0. The number of halogens is 1. The van der Waals surface area contributed by atoms with Crippen LogP contribution >= 0.6 is 12.4 Å². The molecule has 0 saturated carbocycles. The zero-order valence-corrected chi connectivity index (χ0v) is 16.0. The number of carbonyl (C=O) groups is 1. The second kappa shape index (κ2) is 8.41. The van der Waals surface area contributed by atoms with Crippen molar-refractivity contribution in [2.75, 3.05) is 26.2 Å². The van der Waals surface area contributed by atoms with E-state index in [4.69, 9.17) is 4.74 Å². The number of nitrogens with zero attached hydrogens (tertiary/aromatic N) is 3. The maximum Gasteiger partial charge on any atom is 0.253 e. The fourth-order valence-electron chi connectivity index (χ4n) is 3.18. The van der Waals surface area contributed by atoms with Gasteiger partial charge in [-0.2, -0.15) is 0 Å². The third-order valence-electron chi connectivity index (χ3n) is 4.62. The van der Waals surface area contributed by atoms with Crippen LogP contribution in [-0.4, -0.2) is 46.4 Å². The molecule has 1 N–H and O–H groups in total. The van der Waals surface area contributed by atoms with E-state index in [2.05, 4.69) is 10.3 Å².